The van der Waals surface area contributed by atoms with Crippen molar-refractivity contribution in [1.29, 1.82) is 0 Å². The summed E-state index contributed by atoms with van der Waals surface area (Å²) in [4.78, 5) is 12.9. The van der Waals surface area contributed by atoms with Gasteiger partial charge in [-0.05, 0) is 92.8 Å². The van der Waals surface area contributed by atoms with Crippen molar-refractivity contribution in [2.45, 2.75) is 70.8 Å². The molecule has 0 aromatic carbocycles. The Bertz CT molecular complexity index is 459. The molecule has 0 aromatic heterocycles. The number of ether oxygens (including phenoxy) is 1. The van der Waals surface area contributed by atoms with E-state index in [1.165, 1.54) is 44.9 Å². The summed E-state index contributed by atoms with van der Waals surface area (Å²) in [7, 11) is 0. The number of carbonyl (C=O) groups excluding carboxylic acids is 1. The van der Waals surface area contributed by atoms with Gasteiger partial charge in [0.25, 0.3) is 0 Å². The normalized spacial score (nSPS) is 58.3. The zero-order valence-electron chi connectivity index (χ0n) is 14.1. The highest BCUT2D eigenvalue weighted by atomic mass is 16.6. The van der Waals surface area contributed by atoms with Gasteiger partial charge in [-0.2, -0.15) is 0 Å². The zero-order chi connectivity index (χ0) is 15.1. The fourth-order valence-electron chi connectivity index (χ4n) is 7.66. The molecule has 22 heavy (non-hydrogen) atoms. The van der Waals surface area contributed by atoms with Crippen LogP contribution in [0.1, 0.15) is 65.2 Å². The molecule has 0 heterocycles. The molecular weight excluding hydrogens is 272 g/mol. The lowest BCUT2D eigenvalue weighted by molar-refractivity contribution is -0.193. The molecule has 6 fully saturated rings. The highest BCUT2D eigenvalue weighted by molar-refractivity contribution is 5.74. The van der Waals surface area contributed by atoms with Crippen molar-refractivity contribution in [3.8, 4) is 0 Å². The molecule has 6 saturated carbocycles. The first-order valence-electron chi connectivity index (χ1n) is 9.76. The minimum atomic E-state index is -0.0392. The Kier molecular flexibility index (Phi) is 2.84. The minimum absolute atomic E-state index is 0.0392. The third-order valence-corrected chi connectivity index (χ3v) is 8.50. The van der Waals surface area contributed by atoms with E-state index in [2.05, 4.69) is 13.8 Å². The third kappa shape index (κ3) is 1.88. The van der Waals surface area contributed by atoms with E-state index in [9.17, 15) is 4.79 Å². The van der Waals surface area contributed by atoms with Crippen LogP contribution in [-0.2, 0) is 9.53 Å². The molecule has 122 valence electrons. The van der Waals surface area contributed by atoms with Crippen LogP contribution in [0.4, 0.5) is 0 Å². The third-order valence-electron chi connectivity index (χ3n) is 8.50. The smallest absolute Gasteiger partial charge is 0.309 e. The molecule has 2 nitrogen and oxygen atoms in total. The van der Waals surface area contributed by atoms with E-state index in [-0.39, 0.29) is 17.5 Å². The van der Waals surface area contributed by atoms with Crippen molar-refractivity contribution < 1.29 is 9.53 Å². The van der Waals surface area contributed by atoms with Crippen LogP contribution in [0, 0.1) is 47.3 Å². The molecule has 2 heteroatoms. The molecule has 5 unspecified atom stereocenters. The maximum atomic E-state index is 12.9. The topological polar surface area (TPSA) is 26.3 Å². The van der Waals surface area contributed by atoms with Gasteiger partial charge in [-0.25, -0.2) is 0 Å². The predicted octanol–water partition coefficient (Wildman–Crippen LogP) is 4.43. The van der Waals surface area contributed by atoms with Gasteiger partial charge in [0, 0.05) is 0 Å². The first kappa shape index (κ1) is 13.9. The summed E-state index contributed by atoms with van der Waals surface area (Å²) in [6.07, 6.45) is 10.2. The Hall–Kier alpha value is -0.530. The van der Waals surface area contributed by atoms with Crippen LogP contribution in [0.2, 0.25) is 0 Å². The van der Waals surface area contributed by atoms with Crippen molar-refractivity contribution in [2.24, 2.45) is 47.3 Å². The summed E-state index contributed by atoms with van der Waals surface area (Å²) >= 11 is 0. The summed E-state index contributed by atoms with van der Waals surface area (Å²) < 4.78 is 6.33. The zero-order valence-corrected chi connectivity index (χ0v) is 14.1. The molecule has 6 aliphatic rings. The van der Waals surface area contributed by atoms with Crippen molar-refractivity contribution in [3.63, 3.8) is 0 Å². The Balaban J connectivity index is 1.32. The molecule has 6 rings (SSSR count). The Morgan fingerprint density at radius 3 is 1.95 bits per heavy atom. The molecule has 6 bridgehead atoms. The Morgan fingerprint density at radius 2 is 1.45 bits per heavy atom. The second-order valence-electron chi connectivity index (χ2n) is 9.74. The number of esters is 1. The van der Waals surface area contributed by atoms with E-state index in [0.29, 0.717) is 11.8 Å². The van der Waals surface area contributed by atoms with Gasteiger partial charge in [0.15, 0.2) is 0 Å². The van der Waals surface area contributed by atoms with E-state index in [0.717, 1.165) is 36.0 Å². The lowest BCUT2D eigenvalue weighted by Crippen LogP contribution is -2.53. The van der Waals surface area contributed by atoms with Crippen LogP contribution < -0.4 is 0 Å². The molecular formula is C20H30O2. The first-order chi connectivity index (χ1) is 10.5. The standard InChI is InChI=1S/C20H30O2/c1-11-12(2)17-6-16(11)7-18(17)19(21)22-20-8-13-3-14(9-20)5-15(4-13)10-20/h11-18H,3-10H2,1-2H3. The van der Waals surface area contributed by atoms with Crippen LogP contribution in [0.25, 0.3) is 0 Å². The molecule has 6 aliphatic carbocycles. The minimum Gasteiger partial charge on any atom is -0.459 e. The van der Waals surface area contributed by atoms with Crippen molar-refractivity contribution in [3.05, 3.63) is 0 Å². The molecule has 0 saturated heterocycles. The monoisotopic (exact) mass is 302 g/mol. The fraction of sp³-hybridized carbons (Fsp3) is 0.950. The van der Waals surface area contributed by atoms with Crippen LogP contribution in [0.15, 0.2) is 0 Å². The summed E-state index contributed by atoms with van der Waals surface area (Å²) in [5, 5.41) is 0. The molecule has 0 N–H and O–H groups in total. The van der Waals surface area contributed by atoms with Gasteiger partial charge in [0.2, 0.25) is 0 Å². The Morgan fingerprint density at radius 1 is 0.864 bits per heavy atom. The van der Waals surface area contributed by atoms with Crippen LogP contribution in [0.5, 0.6) is 0 Å². The first-order valence-corrected chi connectivity index (χ1v) is 9.76. The molecule has 0 amide bonds. The van der Waals surface area contributed by atoms with E-state index in [1.54, 1.807) is 0 Å². The predicted molar refractivity (Wildman–Crippen MR) is 85.0 cm³/mol. The average molecular weight is 302 g/mol. The van der Waals surface area contributed by atoms with Crippen LogP contribution in [0.3, 0.4) is 0 Å². The lowest BCUT2D eigenvalue weighted by Gasteiger charge is -2.56. The number of carbonyl (C=O) groups is 1. The average Bonchev–Trinajstić information content (AvgIpc) is 2.98. The van der Waals surface area contributed by atoms with Gasteiger partial charge in [-0.3, -0.25) is 4.79 Å². The quantitative estimate of drug-likeness (QED) is 0.706. The summed E-state index contributed by atoms with van der Waals surface area (Å²) in [5.74, 6) is 5.92. The lowest BCUT2D eigenvalue weighted by atomic mass is 9.54. The van der Waals surface area contributed by atoms with Crippen molar-refractivity contribution in [1.82, 2.24) is 0 Å². The van der Waals surface area contributed by atoms with Gasteiger partial charge >= 0.3 is 5.97 Å². The van der Waals surface area contributed by atoms with E-state index in [4.69, 9.17) is 4.74 Å². The number of rotatable bonds is 2. The molecule has 0 spiro atoms. The summed E-state index contributed by atoms with van der Waals surface area (Å²) in [5.41, 5.74) is -0.0392. The maximum Gasteiger partial charge on any atom is 0.309 e. The number of hydrogen-bond acceptors (Lipinski definition) is 2. The molecule has 5 atom stereocenters. The van der Waals surface area contributed by atoms with E-state index < -0.39 is 0 Å². The van der Waals surface area contributed by atoms with Gasteiger partial charge in [-0.1, -0.05) is 13.8 Å². The van der Waals surface area contributed by atoms with Gasteiger partial charge in [0.1, 0.15) is 5.60 Å². The molecule has 0 aliphatic heterocycles. The maximum absolute atomic E-state index is 12.9. The number of hydrogen-bond donors (Lipinski definition) is 0. The fourth-order valence-corrected chi connectivity index (χ4v) is 7.66. The van der Waals surface area contributed by atoms with Gasteiger partial charge < -0.3 is 4.74 Å². The molecule has 0 radical (unpaired) electrons. The van der Waals surface area contributed by atoms with Gasteiger partial charge in [0.05, 0.1) is 5.92 Å². The largest absolute Gasteiger partial charge is 0.459 e. The SMILES string of the molecule is CC1C2CC(C(=O)OC34CC5CC(CC(C5)C3)C4)C(C2)C1C. The van der Waals surface area contributed by atoms with Gasteiger partial charge in [-0.15, -0.1) is 0 Å². The molecule has 0 aromatic rings. The summed E-state index contributed by atoms with van der Waals surface area (Å²) in [6.45, 7) is 4.75. The van der Waals surface area contributed by atoms with Crippen molar-refractivity contribution >= 4 is 5.97 Å². The van der Waals surface area contributed by atoms with E-state index in [1.807, 2.05) is 0 Å². The number of fused-ring (bicyclic) bond motifs is 2. The highest BCUT2D eigenvalue weighted by Crippen LogP contribution is 2.59. The van der Waals surface area contributed by atoms with Crippen LogP contribution in [-0.4, -0.2) is 11.6 Å². The van der Waals surface area contributed by atoms with Crippen LogP contribution >= 0.6 is 0 Å². The summed E-state index contributed by atoms with van der Waals surface area (Å²) in [6, 6.07) is 0. The highest BCUT2D eigenvalue weighted by Gasteiger charge is 2.56. The van der Waals surface area contributed by atoms with E-state index >= 15 is 0 Å². The second kappa shape index (κ2) is 4.51. The second-order valence-corrected chi connectivity index (χ2v) is 9.74. The van der Waals surface area contributed by atoms with Crippen molar-refractivity contribution in [2.75, 3.05) is 0 Å². The Labute approximate surface area is 134 Å².